The zero-order chi connectivity index (χ0) is 9.90. The first-order chi connectivity index (χ1) is 6.00. The van der Waals surface area contributed by atoms with E-state index in [9.17, 15) is 5.11 Å². The minimum absolute atomic E-state index is 0.0596. The van der Waals surface area contributed by atoms with Gasteiger partial charge in [-0.15, -0.1) is 0 Å². The van der Waals surface area contributed by atoms with Gasteiger partial charge in [0.25, 0.3) is 0 Å². The van der Waals surface area contributed by atoms with Crippen molar-refractivity contribution in [1.82, 2.24) is 0 Å². The highest BCUT2D eigenvalue weighted by atomic mass is 16.3. The lowest BCUT2D eigenvalue weighted by molar-refractivity contribution is 0.0407. The minimum Gasteiger partial charge on any atom is -0.389 e. The van der Waals surface area contributed by atoms with Gasteiger partial charge in [-0.25, -0.2) is 0 Å². The van der Waals surface area contributed by atoms with E-state index in [2.05, 4.69) is 0 Å². The van der Waals surface area contributed by atoms with Crippen LogP contribution in [-0.2, 0) is 0 Å². The molecule has 1 rings (SSSR count). The lowest BCUT2D eigenvalue weighted by atomic mass is 9.81. The lowest BCUT2D eigenvalue weighted by Gasteiger charge is -2.31. The van der Waals surface area contributed by atoms with Gasteiger partial charge in [-0.2, -0.15) is 0 Å². The van der Waals surface area contributed by atoms with Crippen LogP contribution in [0.3, 0.4) is 0 Å². The summed E-state index contributed by atoms with van der Waals surface area (Å²) in [7, 11) is 0. The molecule has 0 aliphatic heterocycles. The molecule has 0 aromatic heterocycles. The van der Waals surface area contributed by atoms with Crippen LogP contribution in [-0.4, -0.2) is 16.7 Å². The molecule has 1 aliphatic carbocycles. The summed E-state index contributed by atoms with van der Waals surface area (Å²) >= 11 is 0. The maximum absolute atomic E-state index is 9.69. The van der Waals surface area contributed by atoms with Gasteiger partial charge in [0.1, 0.15) is 0 Å². The molecule has 1 unspecified atom stereocenters. The van der Waals surface area contributed by atoms with Crippen LogP contribution in [0, 0.1) is 5.92 Å². The van der Waals surface area contributed by atoms with Gasteiger partial charge in [-0.1, -0.05) is 32.1 Å². The molecular formula is C11H23NO. The highest BCUT2D eigenvalue weighted by Gasteiger charge is 2.26. The van der Waals surface area contributed by atoms with Crippen molar-refractivity contribution in [2.75, 3.05) is 0 Å². The van der Waals surface area contributed by atoms with Gasteiger partial charge in [-0.05, 0) is 26.2 Å². The smallest absolute Gasteiger partial charge is 0.0742 e. The SMILES string of the molecule is CC(C)(O)C(N)CC1CCCCC1. The maximum atomic E-state index is 9.69. The zero-order valence-corrected chi connectivity index (χ0v) is 8.92. The average Bonchev–Trinajstić information content (AvgIpc) is 2.04. The Kier molecular flexibility index (Phi) is 3.74. The summed E-state index contributed by atoms with van der Waals surface area (Å²) in [6.45, 7) is 3.61. The summed E-state index contributed by atoms with van der Waals surface area (Å²) in [5.74, 6) is 0.759. The van der Waals surface area contributed by atoms with Crippen molar-refractivity contribution >= 4 is 0 Å². The van der Waals surface area contributed by atoms with Gasteiger partial charge >= 0.3 is 0 Å². The van der Waals surface area contributed by atoms with Crippen molar-refractivity contribution in [3.05, 3.63) is 0 Å². The molecule has 0 aromatic carbocycles. The Morgan fingerprint density at radius 1 is 1.31 bits per heavy atom. The fourth-order valence-corrected chi connectivity index (χ4v) is 2.07. The van der Waals surface area contributed by atoms with Gasteiger partial charge in [-0.3, -0.25) is 0 Å². The Bertz CT molecular complexity index is 145. The summed E-state index contributed by atoms with van der Waals surface area (Å²) in [4.78, 5) is 0. The molecule has 1 fully saturated rings. The molecule has 13 heavy (non-hydrogen) atoms. The molecule has 1 saturated carbocycles. The van der Waals surface area contributed by atoms with Gasteiger partial charge in [0.05, 0.1) is 5.60 Å². The third-order valence-corrected chi connectivity index (χ3v) is 3.22. The standard InChI is InChI=1S/C11H23NO/c1-11(2,13)10(12)8-9-6-4-3-5-7-9/h9-10,13H,3-8,12H2,1-2H3. The summed E-state index contributed by atoms with van der Waals surface area (Å²) in [5, 5.41) is 9.69. The number of rotatable bonds is 3. The van der Waals surface area contributed by atoms with E-state index in [1.165, 1.54) is 32.1 Å². The summed E-state index contributed by atoms with van der Waals surface area (Å²) in [6, 6.07) is -0.0596. The number of hydrogen-bond donors (Lipinski definition) is 2. The van der Waals surface area contributed by atoms with Crippen LogP contribution >= 0.6 is 0 Å². The van der Waals surface area contributed by atoms with Crippen molar-refractivity contribution in [1.29, 1.82) is 0 Å². The second-order valence-electron chi connectivity index (χ2n) is 5.00. The Morgan fingerprint density at radius 2 is 1.85 bits per heavy atom. The van der Waals surface area contributed by atoms with Crippen molar-refractivity contribution in [2.45, 2.75) is 64.0 Å². The molecular weight excluding hydrogens is 162 g/mol. The van der Waals surface area contributed by atoms with Gasteiger partial charge in [0.15, 0.2) is 0 Å². The summed E-state index contributed by atoms with van der Waals surface area (Å²) in [5.41, 5.74) is 5.22. The molecule has 0 aromatic rings. The van der Waals surface area contributed by atoms with Crippen LogP contribution in [0.1, 0.15) is 52.4 Å². The molecule has 1 aliphatic rings. The third-order valence-electron chi connectivity index (χ3n) is 3.22. The normalized spacial score (nSPS) is 23.1. The molecule has 0 heterocycles. The van der Waals surface area contributed by atoms with E-state index in [0.717, 1.165) is 12.3 Å². The lowest BCUT2D eigenvalue weighted by Crippen LogP contribution is -2.44. The number of aliphatic hydroxyl groups is 1. The van der Waals surface area contributed by atoms with Crippen LogP contribution in [0.25, 0.3) is 0 Å². The minimum atomic E-state index is -0.711. The molecule has 0 radical (unpaired) electrons. The van der Waals surface area contributed by atoms with Crippen molar-refractivity contribution < 1.29 is 5.11 Å². The van der Waals surface area contributed by atoms with E-state index in [1.807, 2.05) is 0 Å². The van der Waals surface area contributed by atoms with Crippen molar-refractivity contribution in [2.24, 2.45) is 11.7 Å². The molecule has 3 N–H and O–H groups in total. The first-order valence-electron chi connectivity index (χ1n) is 5.48. The van der Waals surface area contributed by atoms with E-state index >= 15 is 0 Å². The third kappa shape index (κ3) is 3.65. The monoisotopic (exact) mass is 185 g/mol. The quantitative estimate of drug-likeness (QED) is 0.707. The van der Waals surface area contributed by atoms with Crippen LogP contribution in [0.4, 0.5) is 0 Å². The van der Waals surface area contributed by atoms with E-state index in [4.69, 9.17) is 5.73 Å². The Morgan fingerprint density at radius 3 is 2.31 bits per heavy atom. The van der Waals surface area contributed by atoms with E-state index in [-0.39, 0.29) is 6.04 Å². The highest BCUT2D eigenvalue weighted by molar-refractivity contribution is 4.83. The van der Waals surface area contributed by atoms with E-state index < -0.39 is 5.60 Å². The fourth-order valence-electron chi connectivity index (χ4n) is 2.07. The molecule has 2 nitrogen and oxygen atoms in total. The predicted octanol–water partition coefficient (Wildman–Crippen LogP) is 2.05. The predicted molar refractivity (Wildman–Crippen MR) is 55.5 cm³/mol. The number of hydrogen-bond acceptors (Lipinski definition) is 2. The van der Waals surface area contributed by atoms with E-state index in [1.54, 1.807) is 13.8 Å². The Labute approximate surface area is 81.5 Å². The molecule has 0 amide bonds. The molecule has 0 spiro atoms. The second-order valence-corrected chi connectivity index (χ2v) is 5.00. The van der Waals surface area contributed by atoms with Crippen LogP contribution in [0.15, 0.2) is 0 Å². The van der Waals surface area contributed by atoms with Crippen LogP contribution in [0.2, 0.25) is 0 Å². The first kappa shape index (κ1) is 11.0. The summed E-state index contributed by atoms with van der Waals surface area (Å²) < 4.78 is 0. The average molecular weight is 185 g/mol. The molecule has 0 saturated heterocycles. The first-order valence-corrected chi connectivity index (χ1v) is 5.48. The number of nitrogens with two attached hydrogens (primary N) is 1. The molecule has 0 bridgehead atoms. The van der Waals surface area contributed by atoms with Gasteiger partial charge in [0, 0.05) is 6.04 Å². The molecule has 1 atom stereocenters. The topological polar surface area (TPSA) is 46.2 Å². The highest BCUT2D eigenvalue weighted by Crippen LogP contribution is 2.28. The second kappa shape index (κ2) is 4.43. The van der Waals surface area contributed by atoms with Crippen LogP contribution in [0.5, 0.6) is 0 Å². The fraction of sp³-hybridized carbons (Fsp3) is 1.00. The Hall–Kier alpha value is -0.0800. The molecule has 2 heteroatoms. The van der Waals surface area contributed by atoms with Gasteiger partial charge in [0.2, 0.25) is 0 Å². The molecule has 78 valence electrons. The van der Waals surface area contributed by atoms with Gasteiger partial charge < -0.3 is 10.8 Å². The zero-order valence-electron chi connectivity index (χ0n) is 8.92. The van der Waals surface area contributed by atoms with Crippen LogP contribution < -0.4 is 5.73 Å². The Balaban J connectivity index is 2.30. The maximum Gasteiger partial charge on any atom is 0.0742 e. The van der Waals surface area contributed by atoms with E-state index in [0.29, 0.717) is 0 Å². The van der Waals surface area contributed by atoms with Crippen molar-refractivity contribution in [3.63, 3.8) is 0 Å². The summed E-state index contributed by atoms with van der Waals surface area (Å²) in [6.07, 6.45) is 7.69. The largest absolute Gasteiger partial charge is 0.389 e. The van der Waals surface area contributed by atoms with Crippen molar-refractivity contribution in [3.8, 4) is 0 Å².